The lowest BCUT2D eigenvalue weighted by Crippen LogP contribution is -2.65. The van der Waals surface area contributed by atoms with Crippen LogP contribution in [0.2, 0.25) is 0 Å². The van der Waals surface area contributed by atoms with Gasteiger partial charge < -0.3 is 14.6 Å². The summed E-state index contributed by atoms with van der Waals surface area (Å²) in [7, 11) is 0. The quantitative estimate of drug-likeness (QED) is 0.338. The van der Waals surface area contributed by atoms with Crippen molar-refractivity contribution in [2.75, 3.05) is 26.2 Å². The van der Waals surface area contributed by atoms with Gasteiger partial charge in [-0.25, -0.2) is 0 Å². The fraction of sp³-hybridized carbons (Fsp3) is 0.556. The lowest BCUT2D eigenvalue weighted by Gasteiger charge is -2.59. The second-order valence-corrected chi connectivity index (χ2v) is 14.2. The highest BCUT2D eigenvalue weighted by Crippen LogP contribution is 2.70. The number of H-pyrrole nitrogens is 1. The van der Waals surface area contributed by atoms with Crippen molar-refractivity contribution < 1.29 is 9.53 Å². The van der Waals surface area contributed by atoms with Gasteiger partial charge in [0.15, 0.2) is 0 Å². The lowest BCUT2D eigenvalue weighted by molar-refractivity contribution is -0.181. The van der Waals surface area contributed by atoms with E-state index in [0.29, 0.717) is 30.6 Å². The van der Waals surface area contributed by atoms with Crippen molar-refractivity contribution in [1.82, 2.24) is 19.8 Å². The number of benzene rings is 1. The molecule has 6 aliphatic rings. The highest BCUT2D eigenvalue weighted by atomic mass is 16.6. The molecule has 1 spiro atoms. The first kappa shape index (κ1) is 25.7. The Morgan fingerprint density at radius 2 is 1.88 bits per heavy atom. The second-order valence-electron chi connectivity index (χ2n) is 14.2. The maximum Gasteiger partial charge on any atom is 0.137 e. The van der Waals surface area contributed by atoms with Crippen LogP contribution in [0.1, 0.15) is 76.3 Å². The van der Waals surface area contributed by atoms with E-state index < -0.39 is 11.3 Å². The molecule has 3 aromatic rings. The molecular formula is C36H42N4O2. The molecule has 6 heteroatoms. The zero-order valence-corrected chi connectivity index (χ0v) is 24.6. The zero-order chi connectivity index (χ0) is 27.9. The predicted octanol–water partition coefficient (Wildman–Crippen LogP) is 6.62. The Kier molecular flexibility index (Phi) is 5.71. The van der Waals surface area contributed by atoms with Gasteiger partial charge in [-0.1, -0.05) is 30.4 Å². The molecule has 4 fully saturated rings. The lowest BCUT2D eigenvalue weighted by atomic mass is 9.53. The zero-order valence-electron chi connectivity index (χ0n) is 24.6. The topological polar surface area (TPSA) is 61.5 Å². The summed E-state index contributed by atoms with van der Waals surface area (Å²) in [5.74, 6) is 0.795. The average molecular weight is 563 g/mol. The van der Waals surface area contributed by atoms with Gasteiger partial charge in [0.1, 0.15) is 17.1 Å². The average Bonchev–Trinajstić information content (AvgIpc) is 3.56. The SMILES string of the molecule is O=C1CCCCN2[C@H]3[C@]45CN6CCCC/C=C\CC[C@]3(C=C(c3nccc7c3[nH]c3ccccc37)[C@H]4CC6)O[C@@]2(C1)C5. The Labute approximate surface area is 248 Å². The van der Waals surface area contributed by atoms with Crippen LogP contribution in [0.25, 0.3) is 27.4 Å². The van der Waals surface area contributed by atoms with Crippen LogP contribution >= 0.6 is 0 Å². The van der Waals surface area contributed by atoms with E-state index in [2.05, 4.69) is 63.3 Å². The molecule has 42 heavy (non-hydrogen) atoms. The summed E-state index contributed by atoms with van der Waals surface area (Å²) in [6.45, 7) is 4.45. The first-order valence-corrected chi connectivity index (χ1v) is 16.6. The summed E-state index contributed by atoms with van der Waals surface area (Å²) in [5, 5.41) is 2.51. The van der Waals surface area contributed by atoms with Gasteiger partial charge in [0, 0.05) is 53.8 Å². The molecule has 1 aromatic carbocycles. The standard InChI is InChI=1S/C36H42N4O2/c41-25-11-7-10-19-40-33-34-23-36(40,21-25)42-35(33)16-8-3-1-2-4-9-18-39(24-34)20-15-29(34)28(22-35)31-32-27(14-17-37-31)26-12-5-6-13-30(26)38-32/h1,3,5-6,12-14,17,22,29,33,38H,2,4,7-11,15-16,18-21,23-24H2/b3-1-/t29-,33+,34-,35-,36+/m1/s1. The number of nitrogens with one attached hydrogen (secondary N) is 1. The molecule has 0 radical (unpaired) electrons. The Morgan fingerprint density at radius 1 is 0.976 bits per heavy atom. The van der Waals surface area contributed by atoms with E-state index in [1.807, 2.05) is 6.20 Å². The molecule has 1 N–H and O–H groups in total. The number of aromatic amines is 1. The van der Waals surface area contributed by atoms with Gasteiger partial charge in [0.25, 0.3) is 0 Å². The van der Waals surface area contributed by atoms with Gasteiger partial charge in [-0.15, -0.1) is 0 Å². The van der Waals surface area contributed by atoms with Crippen LogP contribution in [0, 0.1) is 11.3 Å². The number of rotatable bonds is 1. The molecule has 2 aromatic heterocycles. The molecule has 9 rings (SSSR count). The summed E-state index contributed by atoms with van der Waals surface area (Å²) in [6.07, 6.45) is 20.5. The van der Waals surface area contributed by atoms with Crippen molar-refractivity contribution in [2.24, 2.45) is 11.3 Å². The van der Waals surface area contributed by atoms with Crippen LogP contribution in [0.3, 0.4) is 0 Å². The summed E-state index contributed by atoms with van der Waals surface area (Å²) in [5.41, 5.74) is 4.00. The van der Waals surface area contributed by atoms with Crippen LogP contribution in [0.4, 0.5) is 0 Å². The first-order chi connectivity index (χ1) is 20.6. The number of hydrogen-bond acceptors (Lipinski definition) is 5. The fourth-order valence-electron chi connectivity index (χ4n) is 10.5. The molecule has 1 unspecified atom stereocenters. The molecular weight excluding hydrogens is 520 g/mol. The summed E-state index contributed by atoms with van der Waals surface area (Å²) in [4.78, 5) is 27.8. The van der Waals surface area contributed by atoms with E-state index in [0.717, 1.165) is 75.8 Å². The van der Waals surface area contributed by atoms with Crippen molar-refractivity contribution >= 4 is 33.2 Å². The van der Waals surface area contributed by atoms with E-state index in [1.165, 1.54) is 41.2 Å². The molecule has 6 atom stereocenters. The van der Waals surface area contributed by atoms with Gasteiger partial charge in [-0.05, 0) is 101 Å². The molecule has 1 aliphatic carbocycles. The molecule has 6 nitrogen and oxygen atoms in total. The summed E-state index contributed by atoms with van der Waals surface area (Å²) in [6, 6.07) is 11.1. The molecule has 218 valence electrons. The highest BCUT2D eigenvalue weighted by molar-refractivity contribution is 6.09. The number of carbonyl (C=O) groups excluding carboxylic acids is 1. The minimum Gasteiger partial charge on any atom is -0.353 e. The number of aromatic nitrogens is 2. The number of ether oxygens (including phenoxy) is 1. The van der Waals surface area contributed by atoms with Crippen LogP contribution in [0.5, 0.6) is 0 Å². The third-order valence-corrected chi connectivity index (χ3v) is 11.8. The van der Waals surface area contributed by atoms with Crippen molar-refractivity contribution in [1.29, 1.82) is 0 Å². The third-order valence-electron chi connectivity index (χ3n) is 11.8. The number of pyridine rings is 1. The minimum absolute atomic E-state index is 0.0544. The molecule has 0 saturated carbocycles. The van der Waals surface area contributed by atoms with Crippen LogP contribution in [-0.4, -0.2) is 69.1 Å². The highest BCUT2D eigenvalue weighted by Gasteiger charge is 2.77. The van der Waals surface area contributed by atoms with Crippen molar-refractivity contribution in [2.45, 2.75) is 88.0 Å². The minimum atomic E-state index is -0.462. The molecule has 4 saturated heterocycles. The Morgan fingerprint density at radius 3 is 2.86 bits per heavy atom. The van der Waals surface area contributed by atoms with Gasteiger partial charge in [0.2, 0.25) is 0 Å². The van der Waals surface area contributed by atoms with E-state index in [4.69, 9.17) is 9.72 Å². The Balaban J connectivity index is 1.28. The number of fused-ring (bicyclic) bond motifs is 4. The number of nitrogens with zero attached hydrogens (tertiary/aromatic N) is 3. The number of Topliss-reactive ketones (excluding diaryl/α,β-unsaturated/α-hetero) is 1. The maximum atomic E-state index is 13.3. The first-order valence-electron chi connectivity index (χ1n) is 16.6. The molecule has 0 amide bonds. The smallest absolute Gasteiger partial charge is 0.137 e. The Bertz CT molecular complexity index is 1640. The largest absolute Gasteiger partial charge is 0.353 e. The maximum absolute atomic E-state index is 13.3. The van der Waals surface area contributed by atoms with E-state index in [9.17, 15) is 4.79 Å². The third kappa shape index (κ3) is 3.55. The van der Waals surface area contributed by atoms with Crippen molar-refractivity contribution in [3.05, 3.63) is 60.5 Å². The summed E-state index contributed by atoms with van der Waals surface area (Å²) < 4.78 is 7.49. The van der Waals surface area contributed by atoms with Gasteiger partial charge in [0.05, 0.1) is 17.3 Å². The van der Waals surface area contributed by atoms with Crippen molar-refractivity contribution in [3.63, 3.8) is 0 Å². The van der Waals surface area contributed by atoms with Gasteiger partial charge >= 0.3 is 0 Å². The van der Waals surface area contributed by atoms with Crippen LogP contribution in [-0.2, 0) is 9.53 Å². The van der Waals surface area contributed by atoms with Crippen LogP contribution in [0.15, 0.2) is 54.8 Å². The summed E-state index contributed by atoms with van der Waals surface area (Å²) >= 11 is 0. The number of carbonyl (C=O) groups is 1. The number of ketones is 1. The number of para-hydroxylation sites is 1. The predicted molar refractivity (Wildman–Crippen MR) is 166 cm³/mol. The van der Waals surface area contributed by atoms with Crippen LogP contribution < -0.4 is 0 Å². The monoisotopic (exact) mass is 562 g/mol. The fourth-order valence-corrected chi connectivity index (χ4v) is 10.5. The number of hydrogen-bond donors (Lipinski definition) is 1. The normalized spacial score (nSPS) is 39.2. The van der Waals surface area contributed by atoms with E-state index >= 15 is 0 Å². The molecule has 5 bridgehead atoms. The van der Waals surface area contributed by atoms with Gasteiger partial charge in [-0.3, -0.25) is 14.7 Å². The van der Waals surface area contributed by atoms with Crippen molar-refractivity contribution in [3.8, 4) is 0 Å². The number of piperidine rings is 1. The van der Waals surface area contributed by atoms with E-state index in [-0.39, 0.29) is 5.41 Å². The molecule has 7 heterocycles. The van der Waals surface area contributed by atoms with Gasteiger partial charge in [-0.2, -0.15) is 0 Å². The second kappa shape index (κ2) is 9.35. The van der Waals surface area contributed by atoms with E-state index in [1.54, 1.807) is 0 Å². The molecule has 5 aliphatic heterocycles. The Hall–Kier alpha value is -2.80. The number of allylic oxidation sites excluding steroid dienone is 3.